The van der Waals surface area contributed by atoms with Gasteiger partial charge in [0.25, 0.3) is 0 Å². The highest BCUT2D eigenvalue weighted by Crippen LogP contribution is 2.50. The van der Waals surface area contributed by atoms with E-state index in [-0.39, 0.29) is 0 Å². The van der Waals surface area contributed by atoms with Gasteiger partial charge >= 0.3 is 0 Å². The molecule has 4 unspecified atom stereocenters. The lowest BCUT2D eigenvalue weighted by molar-refractivity contribution is 0.115. The van der Waals surface area contributed by atoms with E-state index in [1.165, 1.54) is 57.8 Å². The van der Waals surface area contributed by atoms with E-state index < -0.39 is 0 Å². The fourth-order valence-electron chi connectivity index (χ4n) is 3.93. The summed E-state index contributed by atoms with van der Waals surface area (Å²) in [5.74, 6) is 3.20. The molecule has 0 aromatic rings. The van der Waals surface area contributed by atoms with Crippen molar-refractivity contribution in [1.82, 2.24) is 0 Å². The molecular weight excluding hydrogens is 191 g/mol. The average molecular weight is 216 g/mol. The second kappa shape index (κ2) is 5.93. The van der Waals surface area contributed by atoms with Crippen molar-refractivity contribution in [2.45, 2.75) is 63.6 Å². The van der Waals surface area contributed by atoms with Crippen LogP contribution in [-0.2, 0) is 0 Å². The summed E-state index contributed by atoms with van der Waals surface area (Å²) >= 11 is 0. The molecule has 2 bridgehead atoms. The lowest BCUT2D eigenvalue weighted by Crippen LogP contribution is -2.34. The van der Waals surface area contributed by atoms with Gasteiger partial charge in [0.1, 0.15) is 0 Å². The molecule has 0 saturated heterocycles. The van der Waals surface area contributed by atoms with Crippen molar-refractivity contribution in [3.05, 3.63) is 12.7 Å². The van der Waals surface area contributed by atoms with Gasteiger partial charge in [0.2, 0.25) is 0 Å². The zero-order valence-electron chi connectivity index (χ0n) is 10.5. The van der Waals surface area contributed by atoms with Crippen LogP contribution in [0.15, 0.2) is 12.7 Å². The summed E-state index contributed by atoms with van der Waals surface area (Å²) in [7, 11) is 6.39. The first-order chi connectivity index (χ1) is 7.83. The molecule has 2 radical (unpaired) electrons. The number of allylic oxidation sites excluding steroid dienone is 1. The number of unbranched alkanes of at least 4 members (excludes halogenated alkanes) is 2. The Kier molecular flexibility index (Phi) is 4.55. The fraction of sp³-hybridized carbons (Fsp3) is 0.867. The van der Waals surface area contributed by atoms with Crippen molar-refractivity contribution in [1.29, 1.82) is 0 Å². The molecule has 0 aromatic heterocycles. The summed E-state index contributed by atoms with van der Waals surface area (Å²) in [5, 5.41) is 0. The molecule has 0 aliphatic heterocycles. The van der Waals surface area contributed by atoms with Gasteiger partial charge in [-0.2, -0.15) is 0 Å². The van der Waals surface area contributed by atoms with Crippen molar-refractivity contribution in [2.24, 2.45) is 17.8 Å². The van der Waals surface area contributed by atoms with Gasteiger partial charge in [0, 0.05) is 0 Å². The van der Waals surface area contributed by atoms with Gasteiger partial charge in [-0.15, -0.1) is 6.58 Å². The van der Waals surface area contributed by atoms with Crippen LogP contribution in [0, 0.1) is 17.8 Å². The second-order valence-electron chi connectivity index (χ2n) is 5.84. The topological polar surface area (TPSA) is 0 Å². The predicted octanol–water partition coefficient (Wildman–Crippen LogP) is 4.52. The maximum absolute atomic E-state index is 6.39. The van der Waals surface area contributed by atoms with E-state index in [4.69, 9.17) is 7.85 Å². The minimum absolute atomic E-state index is 0.534. The minimum Gasteiger partial charge on any atom is -0.103 e. The van der Waals surface area contributed by atoms with Crippen LogP contribution < -0.4 is 0 Å². The molecular formula is C15H25B. The Balaban J connectivity index is 1.78. The Morgan fingerprint density at radius 3 is 2.81 bits per heavy atom. The Labute approximate surface area is 102 Å². The maximum atomic E-state index is 6.39. The molecule has 0 heterocycles. The summed E-state index contributed by atoms with van der Waals surface area (Å²) < 4.78 is 0. The van der Waals surface area contributed by atoms with Crippen LogP contribution in [0.5, 0.6) is 0 Å². The third-order valence-electron chi connectivity index (χ3n) is 4.90. The SMILES string of the molecule is [B]C1C2CCCC1C(CCCCC=C)CC2. The van der Waals surface area contributed by atoms with E-state index >= 15 is 0 Å². The van der Waals surface area contributed by atoms with Gasteiger partial charge in [0.15, 0.2) is 0 Å². The molecule has 2 rings (SSSR count). The lowest BCUT2D eigenvalue weighted by atomic mass is 9.53. The number of hydrogen-bond acceptors (Lipinski definition) is 0. The van der Waals surface area contributed by atoms with Crippen molar-refractivity contribution in [2.75, 3.05) is 0 Å². The van der Waals surface area contributed by atoms with Crippen LogP contribution in [0.4, 0.5) is 0 Å². The van der Waals surface area contributed by atoms with Crippen LogP contribution in [-0.4, -0.2) is 7.85 Å². The lowest BCUT2D eigenvalue weighted by Gasteiger charge is -2.46. The molecule has 0 aromatic carbocycles. The Hall–Kier alpha value is -0.195. The molecule has 0 spiro atoms. The molecule has 0 N–H and O–H groups in total. The highest BCUT2D eigenvalue weighted by atomic mass is 14.4. The Bertz CT molecular complexity index is 223. The molecule has 2 fully saturated rings. The monoisotopic (exact) mass is 216 g/mol. The van der Waals surface area contributed by atoms with E-state index in [1.807, 2.05) is 6.08 Å². The Morgan fingerprint density at radius 1 is 1.12 bits per heavy atom. The van der Waals surface area contributed by atoms with Gasteiger partial charge < -0.3 is 0 Å². The Morgan fingerprint density at radius 2 is 2.00 bits per heavy atom. The number of rotatable bonds is 5. The van der Waals surface area contributed by atoms with E-state index in [9.17, 15) is 0 Å². The molecule has 16 heavy (non-hydrogen) atoms. The second-order valence-corrected chi connectivity index (χ2v) is 5.84. The summed E-state index contributed by atoms with van der Waals surface area (Å²) in [5.41, 5.74) is 0. The summed E-state index contributed by atoms with van der Waals surface area (Å²) in [6.45, 7) is 3.79. The van der Waals surface area contributed by atoms with Gasteiger partial charge in [-0.25, -0.2) is 0 Å². The molecule has 2 aliphatic rings. The highest BCUT2D eigenvalue weighted by molar-refractivity contribution is 6.12. The fourth-order valence-corrected chi connectivity index (χ4v) is 3.93. The van der Waals surface area contributed by atoms with Gasteiger partial charge in [-0.1, -0.05) is 50.4 Å². The normalized spacial score (nSPS) is 38.2. The standard InChI is InChI=1S/C15H25B/c1-2-3-4-5-7-12-10-11-13-8-6-9-14(12)15(13)16/h2,12-15H,1,3-11H2. The molecule has 1 heteroatoms. The minimum atomic E-state index is 0.534. The molecule has 2 aliphatic carbocycles. The molecule has 88 valence electrons. The first-order valence-electron chi connectivity index (χ1n) is 7.19. The van der Waals surface area contributed by atoms with Gasteiger partial charge in [0.05, 0.1) is 7.85 Å². The summed E-state index contributed by atoms with van der Waals surface area (Å²) in [4.78, 5) is 0. The predicted molar refractivity (Wildman–Crippen MR) is 71.7 cm³/mol. The zero-order chi connectivity index (χ0) is 11.4. The van der Waals surface area contributed by atoms with E-state index in [2.05, 4.69) is 6.58 Å². The first kappa shape index (κ1) is 12.3. The van der Waals surface area contributed by atoms with Crippen molar-refractivity contribution >= 4 is 7.85 Å². The summed E-state index contributed by atoms with van der Waals surface area (Å²) in [6, 6.07) is 0. The van der Waals surface area contributed by atoms with E-state index in [0.29, 0.717) is 5.82 Å². The van der Waals surface area contributed by atoms with Crippen LogP contribution in [0.3, 0.4) is 0 Å². The van der Waals surface area contributed by atoms with Crippen molar-refractivity contribution in [3.8, 4) is 0 Å². The van der Waals surface area contributed by atoms with E-state index in [0.717, 1.165) is 17.8 Å². The largest absolute Gasteiger partial charge is 0.103 e. The maximum Gasteiger partial charge on any atom is 0.0707 e. The van der Waals surface area contributed by atoms with Crippen LogP contribution >= 0.6 is 0 Å². The third-order valence-corrected chi connectivity index (χ3v) is 4.90. The van der Waals surface area contributed by atoms with Gasteiger partial charge in [-0.05, 0) is 37.0 Å². The van der Waals surface area contributed by atoms with E-state index in [1.54, 1.807) is 0 Å². The average Bonchev–Trinajstić information content (AvgIpc) is 2.27. The quantitative estimate of drug-likeness (QED) is 0.360. The van der Waals surface area contributed by atoms with Crippen LogP contribution in [0.25, 0.3) is 0 Å². The number of fused-ring (bicyclic) bond motifs is 2. The smallest absolute Gasteiger partial charge is 0.0707 e. The summed E-state index contributed by atoms with van der Waals surface area (Å²) in [6.07, 6.45) is 14.5. The molecule has 0 nitrogen and oxygen atoms in total. The van der Waals surface area contributed by atoms with Crippen molar-refractivity contribution < 1.29 is 0 Å². The van der Waals surface area contributed by atoms with Crippen molar-refractivity contribution in [3.63, 3.8) is 0 Å². The highest BCUT2D eigenvalue weighted by Gasteiger charge is 2.37. The molecule has 4 atom stereocenters. The van der Waals surface area contributed by atoms with Gasteiger partial charge in [-0.3, -0.25) is 0 Å². The molecule has 0 amide bonds. The first-order valence-corrected chi connectivity index (χ1v) is 7.19. The third kappa shape index (κ3) is 2.73. The molecule has 2 saturated carbocycles. The zero-order valence-corrected chi connectivity index (χ0v) is 10.5. The number of hydrogen-bond donors (Lipinski definition) is 0. The van der Waals surface area contributed by atoms with Crippen LogP contribution in [0.1, 0.15) is 57.8 Å². The van der Waals surface area contributed by atoms with Crippen LogP contribution in [0.2, 0.25) is 5.82 Å².